The first kappa shape index (κ1) is 7.53. The van der Waals surface area contributed by atoms with E-state index in [1.54, 1.807) is 0 Å². The Morgan fingerprint density at radius 1 is 1.08 bits per heavy atom. The third-order valence-electron chi connectivity index (χ3n) is 2.27. The minimum Gasteiger partial charge on any atom is -0.261 e. The van der Waals surface area contributed by atoms with Gasteiger partial charge in [-0.05, 0) is 31.3 Å². The second kappa shape index (κ2) is 3.53. The van der Waals surface area contributed by atoms with E-state index < -0.39 is 0 Å². The van der Waals surface area contributed by atoms with Crippen LogP contribution < -0.4 is 0 Å². The van der Waals surface area contributed by atoms with Gasteiger partial charge in [0, 0.05) is 11.9 Å². The summed E-state index contributed by atoms with van der Waals surface area (Å²) in [6.45, 7) is 0. The number of aliphatic imine (C=N–C) groups is 1. The zero-order chi connectivity index (χ0) is 8.23. The molecule has 0 bridgehead atoms. The highest BCUT2D eigenvalue weighted by Gasteiger charge is 2.08. The van der Waals surface area contributed by atoms with Crippen LogP contribution in [0.15, 0.2) is 41.1 Å². The van der Waals surface area contributed by atoms with E-state index in [0.717, 1.165) is 12.8 Å². The molecule has 0 aromatic heterocycles. The first-order chi connectivity index (χ1) is 5.97. The molecule has 1 heteroatoms. The Balaban J connectivity index is 2.17. The lowest BCUT2D eigenvalue weighted by Crippen LogP contribution is -2.05. The van der Waals surface area contributed by atoms with Gasteiger partial charge in [-0.25, -0.2) is 0 Å². The summed E-state index contributed by atoms with van der Waals surface area (Å²) in [6.07, 6.45) is 15.2. The maximum absolute atomic E-state index is 4.39. The predicted molar refractivity (Wildman–Crippen MR) is 52.3 cm³/mol. The quantitative estimate of drug-likeness (QED) is 0.557. The van der Waals surface area contributed by atoms with Crippen LogP contribution in [0.3, 0.4) is 0 Å². The fourth-order valence-electron chi connectivity index (χ4n) is 1.59. The van der Waals surface area contributed by atoms with Crippen LogP contribution >= 0.6 is 0 Å². The molecule has 1 nitrogen and oxygen atoms in total. The minimum atomic E-state index is 1.12. The molecular weight excluding hydrogens is 146 g/mol. The van der Waals surface area contributed by atoms with Gasteiger partial charge in [-0.15, -0.1) is 0 Å². The van der Waals surface area contributed by atoms with Crippen molar-refractivity contribution in [2.24, 2.45) is 4.99 Å². The summed E-state index contributed by atoms with van der Waals surface area (Å²) in [5.74, 6) is 0. The van der Waals surface area contributed by atoms with Crippen molar-refractivity contribution in [1.29, 1.82) is 0 Å². The lowest BCUT2D eigenvalue weighted by molar-refractivity contribution is 0.970. The Morgan fingerprint density at radius 3 is 2.67 bits per heavy atom. The Labute approximate surface area is 73.2 Å². The highest BCUT2D eigenvalue weighted by atomic mass is 14.7. The van der Waals surface area contributed by atoms with Crippen LogP contribution in [0, 0.1) is 0 Å². The highest BCUT2D eigenvalue weighted by molar-refractivity contribution is 6.01. The molecule has 62 valence electrons. The third-order valence-corrected chi connectivity index (χ3v) is 2.27. The van der Waals surface area contributed by atoms with Gasteiger partial charge in [0.05, 0.1) is 0 Å². The number of hydrogen-bond donors (Lipinski definition) is 0. The first-order valence-electron chi connectivity index (χ1n) is 4.54. The van der Waals surface area contributed by atoms with E-state index in [-0.39, 0.29) is 0 Å². The third kappa shape index (κ3) is 1.55. The van der Waals surface area contributed by atoms with E-state index in [2.05, 4.69) is 29.3 Å². The molecule has 0 fully saturated rings. The highest BCUT2D eigenvalue weighted by Crippen LogP contribution is 2.18. The monoisotopic (exact) mass is 159 g/mol. The Hall–Kier alpha value is -1.11. The van der Waals surface area contributed by atoms with E-state index in [9.17, 15) is 0 Å². The van der Waals surface area contributed by atoms with Crippen molar-refractivity contribution in [3.63, 3.8) is 0 Å². The smallest absolute Gasteiger partial charge is 0.0438 e. The molecular formula is C11H13N. The fraction of sp³-hybridized carbons (Fsp3) is 0.364. The number of rotatable bonds is 1. The molecule has 0 amide bonds. The second-order valence-electron chi connectivity index (χ2n) is 3.16. The molecule has 0 atom stereocenters. The topological polar surface area (TPSA) is 12.4 Å². The summed E-state index contributed by atoms with van der Waals surface area (Å²) in [5, 5.41) is 0. The Kier molecular flexibility index (Phi) is 2.21. The number of hydrogen-bond acceptors (Lipinski definition) is 1. The molecule has 0 unspecified atom stereocenters. The van der Waals surface area contributed by atoms with Crippen LogP contribution in [0.4, 0.5) is 0 Å². The van der Waals surface area contributed by atoms with Crippen LogP contribution in [-0.4, -0.2) is 5.71 Å². The van der Waals surface area contributed by atoms with Crippen molar-refractivity contribution >= 4 is 5.71 Å². The normalized spacial score (nSPS) is 22.0. The molecule has 12 heavy (non-hydrogen) atoms. The summed E-state index contributed by atoms with van der Waals surface area (Å²) in [4.78, 5) is 4.39. The van der Waals surface area contributed by atoms with Crippen molar-refractivity contribution in [2.75, 3.05) is 0 Å². The fourth-order valence-corrected chi connectivity index (χ4v) is 1.59. The molecule has 2 aliphatic rings. The molecule has 1 aliphatic carbocycles. The Bertz CT molecular complexity index is 249. The van der Waals surface area contributed by atoms with Gasteiger partial charge < -0.3 is 0 Å². The van der Waals surface area contributed by atoms with E-state index >= 15 is 0 Å². The molecule has 2 rings (SSSR count). The van der Waals surface area contributed by atoms with E-state index in [4.69, 9.17) is 0 Å². The summed E-state index contributed by atoms with van der Waals surface area (Å²) in [6, 6.07) is 0. The Morgan fingerprint density at radius 2 is 2.00 bits per heavy atom. The average Bonchev–Trinajstić information content (AvgIpc) is 2.21. The van der Waals surface area contributed by atoms with Gasteiger partial charge in [-0.2, -0.15) is 0 Å². The molecule has 0 spiro atoms. The maximum Gasteiger partial charge on any atom is 0.0438 e. The molecule has 0 aromatic rings. The standard InChI is InChI=1S/C11H13N/c1-2-6-10(7-3-1)11-8-4-5-9-12-11/h1-2,5-6,9H,3-4,7-8H2. The summed E-state index contributed by atoms with van der Waals surface area (Å²) in [5.41, 5.74) is 2.73. The van der Waals surface area contributed by atoms with Crippen molar-refractivity contribution in [1.82, 2.24) is 0 Å². The van der Waals surface area contributed by atoms with Crippen LogP contribution in [0.25, 0.3) is 0 Å². The van der Waals surface area contributed by atoms with Crippen LogP contribution in [0.1, 0.15) is 25.7 Å². The SMILES string of the molecule is C1=CCCC(C2=NC=CCC2)=C1. The molecule has 1 heterocycles. The molecule has 0 saturated heterocycles. The minimum absolute atomic E-state index is 1.12. The van der Waals surface area contributed by atoms with Crippen molar-refractivity contribution in [2.45, 2.75) is 25.7 Å². The lowest BCUT2D eigenvalue weighted by Gasteiger charge is -2.12. The van der Waals surface area contributed by atoms with Gasteiger partial charge in [0.15, 0.2) is 0 Å². The zero-order valence-electron chi connectivity index (χ0n) is 7.16. The van der Waals surface area contributed by atoms with Crippen LogP contribution in [0.5, 0.6) is 0 Å². The van der Waals surface area contributed by atoms with Gasteiger partial charge in [0.25, 0.3) is 0 Å². The predicted octanol–water partition coefficient (Wildman–Crippen LogP) is 3.01. The van der Waals surface area contributed by atoms with E-state index in [1.807, 2.05) is 6.20 Å². The summed E-state index contributed by atoms with van der Waals surface area (Å²) < 4.78 is 0. The van der Waals surface area contributed by atoms with Gasteiger partial charge >= 0.3 is 0 Å². The maximum atomic E-state index is 4.39. The van der Waals surface area contributed by atoms with Crippen molar-refractivity contribution in [3.8, 4) is 0 Å². The molecule has 0 saturated carbocycles. The lowest BCUT2D eigenvalue weighted by atomic mass is 9.97. The van der Waals surface area contributed by atoms with Crippen LogP contribution in [0.2, 0.25) is 0 Å². The molecule has 0 radical (unpaired) electrons. The summed E-state index contributed by atoms with van der Waals surface area (Å²) in [7, 11) is 0. The first-order valence-corrected chi connectivity index (χ1v) is 4.54. The van der Waals surface area contributed by atoms with Gasteiger partial charge in [0.1, 0.15) is 0 Å². The second-order valence-corrected chi connectivity index (χ2v) is 3.16. The number of allylic oxidation sites excluding steroid dienone is 5. The molecule has 0 aromatic carbocycles. The van der Waals surface area contributed by atoms with E-state index in [0.29, 0.717) is 0 Å². The van der Waals surface area contributed by atoms with E-state index in [1.165, 1.54) is 24.1 Å². The van der Waals surface area contributed by atoms with Gasteiger partial charge in [0.2, 0.25) is 0 Å². The van der Waals surface area contributed by atoms with Gasteiger partial charge in [-0.1, -0.05) is 24.3 Å². The molecule has 0 N–H and O–H groups in total. The largest absolute Gasteiger partial charge is 0.261 e. The van der Waals surface area contributed by atoms with Crippen molar-refractivity contribution in [3.05, 3.63) is 36.1 Å². The van der Waals surface area contributed by atoms with Crippen LogP contribution in [-0.2, 0) is 0 Å². The zero-order valence-corrected chi connectivity index (χ0v) is 7.16. The summed E-state index contributed by atoms with van der Waals surface area (Å²) >= 11 is 0. The van der Waals surface area contributed by atoms with Gasteiger partial charge in [-0.3, -0.25) is 4.99 Å². The number of nitrogens with zero attached hydrogens (tertiary/aromatic N) is 1. The van der Waals surface area contributed by atoms with Crippen molar-refractivity contribution < 1.29 is 0 Å². The average molecular weight is 159 g/mol. The molecule has 1 aliphatic heterocycles.